The Morgan fingerprint density at radius 3 is 2.83 bits per heavy atom. The van der Waals surface area contributed by atoms with E-state index < -0.39 is 24.7 Å². The van der Waals surface area contributed by atoms with Gasteiger partial charge >= 0.3 is 6.18 Å². The molecule has 1 aliphatic rings. The maximum absolute atomic E-state index is 12.3. The highest BCUT2D eigenvalue weighted by molar-refractivity contribution is 5.88. The normalized spacial score (nSPS) is 21.4. The first-order valence-corrected chi connectivity index (χ1v) is 5.31. The molecule has 1 aromatic rings. The van der Waals surface area contributed by atoms with Crippen molar-refractivity contribution in [3.05, 3.63) is 11.7 Å². The number of amides is 1. The van der Waals surface area contributed by atoms with E-state index in [1.165, 1.54) is 4.90 Å². The zero-order valence-electron chi connectivity index (χ0n) is 9.28. The third kappa shape index (κ3) is 2.78. The molecule has 0 aliphatic carbocycles. The molecule has 0 bridgehead atoms. The predicted octanol–water partition coefficient (Wildman–Crippen LogP) is 0.868. The minimum absolute atomic E-state index is 0.00514. The largest absolute Gasteiger partial charge is 0.401 e. The quantitative estimate of drug-likeness (QED) is 0.875. The molecule has 100 valence electrons. The Morgan fingerprint density at radius 2 is 2.28 bits per heavy atom. The number of nitrogens with two attached hydrogens (primary N) is 1. The molecule has 1 fully saturated rings. The third-order valence-electron chi connectivity index (χ3n) is 2.69. The molecule has 0 saturated carbocycles. The lowest BCUT2D eigenvalue weighted by atomic mass is 10.2. The number of likely N-dealkylation sites (tertiary alicyclic amines) is 1. The van der Waals surface area contributed by atoms with E-state index >= 15 is 0 Å². The SMILES string of the molecule is NC(=O)c1noc(C2CCCN2CC(F)(F)F)n1. The van der Waals surface area contributed by atoms with Gasteiger partial charge in [-0.25, -0.2) is 0 Å². The fraction of sp³-hybridized carbons (Fsp3) is 0.667. The third-order valence-corrected chi connectivity index (χ3v) is 2.69. The summed E-state index contributed by atoms with van der Waals surface area (Å²) in [5.41, 5.74) is 4.94. The van der Waals surface area contributed by atoms with Gasteiger partial charge < -0.3 is 10.3 Å². The van der Waals surface area contributed by atoms with Crippen LogP contribution in [0.15, 0.2) is 4.52 Å². The Balaban J connectivity index is 2.13. The molecule has 2 N–H and O–H groups in total. The maximum atomic E-state index is 12.3. The van der Waals surface area contributed by atoms with Gasteiger partial charge in [-0.05, 0) is 19.4 Å². The lowest BCUT2D eigenvalue weighted by Crippen LogP contribution is -2.33. The number of carbonyl (C=O) groups excluding carboxylic acids is 1. The summed E-state index contributed by atoms with van der Waals surface area (Å²) in [6, 6.07) is -0.604. The topological polar surface area (TPSA) is 85.2 Å². The van der Waals surface area contributed by atoms with E-state index in [0.29, 0.717) is 19.4 Å². The Labute approximate surface area is 99.9 Å². The summed E-state index contributed by atoms with van der Waals surface area (Å²) in [4.78, 5) is 15.7. The number of primary amides is 1. The zero-order valence-corrected chi connectivity index (χ0v) is 9.28. The standard InChI is InChI=1S/C9H11F3N4O2/c10-9(11,12)4-16-3-1-2-5(16)8-14-7(6(13)17)15-18-8/h5H,1-4H2,(H2,13,17). The zero-order chi connectivity index (χ0) is 13.3. The van der Waals surface area contributed by atoms with Crippen LogP contribution in [0.4, 0.5) is 13.2 Å². The Bertz CT molecular complexity index is 445. The van der Waals surface area contributed by atoms with E-state index in [1.54, 1.807) is 0 Å². The second-order valence-electron chi connectivity index (χ2n) is 4.06. The Kier molecular flexibility index (Phi) is 3.24. The van der Waals surface area contributed by atoms with Gasteiger partial charge in [0.2, 0.25) is 5.89 Å². The van der Waals surface area contributed by atoms with E-state index in [4.69, 9.17) is 10.3 Å². The van der Waals surface area contributed by atoms with Crippen LogP contribution in [0, 0.1) is 0 Å². The van der Waals surface area contributed by atoms with Crippen LogP contribution in [0.5, 0.6) is 0 Å². The van der Waals surface area contributed by atoms with Crippen molar-refractivity contribution >= 4 is 5.91 Å². The van der Waals surface area contributed by atoms with Gasteiger partial charge in [0.1, 0.15) is 0 Å². The molecule has 9 heteroatoms. The van der Waals surface area contributed by atoms with Crippen molar-refractivity contribution in [1.29, 1.82) is 0 Å². The molecule has 1 amide bonds. The summed E-state index contributed by atoms with van der Waals surface area (Å²) in [7, 11) is 0. The predicted molar refractivity (Wildman–Crippen MR) is 52.4 cm³/mol. The molecule has 18 heavy (non-hydrogen) atoms. The van der Waals surface area contributed by atoms with Gasteiger partial charge in [-0.3, -0.25) is 9.69 Å². The lowest BCUT2D eigenvalue weighted by Gasteiger charge is -2.22. The van der Waals surface area contributed by atoms with E-state index in [0.717, 1.165) is 0 Å². The molecule has 0 aromatic carbocycles. The van der Waals surface area contributed by atoms with Gasteiger partial charge in [0.15, 0.2) is 0 Å². The summed E-state index contributed by atoms with van der Waals surface area (Å²) < 4.78 is 41.8. The number of aromatic nitrogens is 2. The molecule has 1 atom stereocenters. The fourth-order valence-electron chi connectivity index (χ4n) is 2.00. The molecule has 1 unspecified atom stereocenters. The second kappa shape index (κ2) is 4.56. The molecular formula is C9H11F3N4O2. The number of hydrogen-bond acceptors (Lipinski definition) is 5. The van der Waals surface area contributed by atoms with Crippen molar-refractivity contribution in [1.82, 2.24) is 15.0 Å². The van der Waals surface area contributed by atoms with Crippen molar-refractivity contribution in [3.63, 3.8) is 0 Å². The van der Waals surface area contributed by atoms with E-state index in [-0.39, 0.29) is 11.7 Å². The van der Waals surface area contributed by atoms with Crippen molar-refractivity contribution in [2.75, 3.05) is 13.1 Å². The number of hydrogen-bond donors (Lipinski definition) is 1. The van der Waals surface area contributed by atoms with E-state index in [1.807, 2.05) is 0 Å². The van der Waals surface area contributed by atoms with Gasteiger partial charge in [0, 0.05) is 0 Å². The molecule has 0 spiro atoms. The molecule has 1 aliphatic heterocycles. The molecule has 1 aromatic heterocycles. The van der Waals surface area contributed by atoms with Crippen LogP contribution in [0.1, 0.15) is 35.4 Å². The summed E-state index contributed by atoms with van der Waals surface area (Å²) >= 11 is 0. The highest BCUT2D eigenvalue weighted by Gasteiger charge is 2.39. The average Bonchev–Trinajstić information content (AvgIpc) is 2.81. The Morgan fingerprint density at radius 1 is 1.56 bits per heavy atom. The minimum Gasteiger partial charge on any atom is -0.363 e. The molecule has 2 rings (SSSR count). The van der Waals surface area contributed by atoms with E-state index in [9.17, 15) is 18.0 Å². The smallest absolute Gasteiger partial charge is 0.363 e. The highest BCUT2D eigenvalue weighted by Crippen LogP contribution is 2.33. The van der Waals surface area contributed by atoms with Crippen molar-refractivity contribution in [3.8, 4) is 0 Å². The van der Waals surface area contributed by atoms with Gasteiger partial charge in [-0.15, -0.1) is 0 Å². The fourth-order valence-corrected chi connectivity index (χ4v) is 2.00. The number of alkyl halides is 3. The van der Waals surface area contributed by atoms with Gasteiger partial charge in [-0.2, -0.15) is 18.2 Å². The number of halogens is 3. The first-order chi connectivity index (χ1) is 8.37. The minimum atomic E-state index is -4.28. The molecule has 1 saturated heterocycles. The average molecular weight is 264 g/mol. The van der Waals surface area contributed by atoms with Gasteiger partial charge in [0.05, 0.1) is 12.6 Å². The first kappa shape index (κ1) is 12.8. The van der Waals surface area contributed by atoms with Crippen LogP contribution < -0.4 is 5.73 Å². The van der Waals surface area contributed by atoms with Crippen LogP contribution >= 0.6 is 0 Å². The van der Waals surface area contributed by atoms with Crippen LogP contribution in [-0.4, -0.2) is 40.2 Å². The monoisotopic (exact) mass is 264 g/mol. The molecule has 2 heterocycles. The van der Waals surface area contributed by atoms with Crippen molar-refractivity contribution < 1.29 is 22.5 Å². The second-order valence-corrected chi connectivity index (χ2v) is 4.06. The molecule has 0 radical (unpaired) electrons. The molecule has 6 nitrogen and oxygen atoms in total. The summed E-state index contributed by atoms with van der Waals surface area (Å²) in [5.74, 6) is -1.18. The maximum Gasteiger partial charge on any atom is 0.401 e. The lowest BCUT2D eigenvalue weighted by molar-refractivity contribution is -0.148. The van der Waals surface area contributed by atoms with Gasteiger partial charge in [-0.1, -0.05) is 5.16 Å². The highest BCUT2D eigenvalue weighted by atomic mass is 19.4. The van der Waals surface area contributed by atoms with Crippen LogP contribution in [-0.2, 0) is 0 Å². The molecular weight excluding hydrogens is 253 g/mol. The van der Waals surface area contributed by atoms with Crippen LogP contribution in [0.25, 0.3) is 0 Å². The Hall–Kier alpha value is -1.64. The number of carbonyl (C=O) groups is 1. The van der Waals surface area contributed by atoms with Crippen LogP contribution in [0.3, 0.4) is 0 Å². The van der Waals surface area contributed by atoms with Crippen molar-refractivity contribution in [2.45, 2.75) is 25.1 Å². The van der Waals surface area contributed by atoms with Gasteiger partial charge in [0.25, 0.3) is 11.7 Å². The summed E-state index contributed by atoms with van der Waals surface area (Å²) in [5, 5.41) is 3.32. The summed E-state index contributed by atoms with van der Waals surface area (Å²) in [6.45, 7) is -0.732. The number of rotatable bonds is 3. The van der Waals surface area contributed by atoms with E-state index in [2.05, 4.69) is 10.1 Å². The first-order valence-electron chi connectivity index (χ1n) is 5.31. The van der Waals surface area contributed by atoms with Crippen molar-refractivity contribution in [2.24, 2.45) is 5.73 Å². The number of nitrogens with zero attached hydrogens (tertiary/aromatic N) is 3. The summed E-state index contributed by atoms with van der Waals surface area (Å²) in [6.07, 6.45) is -3.19. The van der Waals surface area contributed by atoms with Crippen LogP contribution in [0.2, 0.25) is 0 Å².